The van der Waals surface area contributed by atoms with Gasteiger partial charge in [-0.15, -0.1) is 0 Å². The summed E-state index contributed by atoms with van der Waals surface area (Å²) >= 11 is 6.58. The summed E-state index contributed by atoms with van der Waals surface area (Å²) in [6.07, 6.45) is 4.97. The van der Waals surface area contributed by atoms with Crippen LogP contribution in [0, 0.1) is 23.1 Å². The van der Waals surface area contributed by atoms with Gasteiger partial charge in [-0.2, -0.15) is 15.2 Å². The van der Waals surface area contributed by atoms with Gasteiger partial charge in [0.05, 0.1) is 24.1 Å². The Kier molecular flexibility index (Phi) is 6.37. The standard InChI is InChI=1S/C32H33ClF2N6O3/c1-40-28-24-27(38-30(39-28)44-16-32-5-2-7-41(32)15-19(34)13-32)25(35)26(21-9-20(42)10-22(33)23(21)18-3-4-18)37-29(24)43-8-6-31(40)11-17(12-31)14-36/h9-10,17-19,42H,2-8,11-13,15-16H2,1H3/t17?,19-,31?,32+/m1/s1. The zero-order valence-corrected chi connectivity index (χ0v) is 25.2. The van der Waals surface area contributed by atoms with Gasteiger partial charge >= 0.3 is 6.01 Å². The molecule has 5 aliphatic rings. The summed E-state index contributed by atoms with van der Waals surface area (Å²) in [5.74, 6) is -0.110. The van der Waals surface area contributed by atoms with Crippen LogP contribution in [0.5, 0.6) is 17.6 Å². The maximum Gasteiger partial charge on any atom is 0.319 e. The lowest BCUT2D eigenvalue weighted by atomic mass is 9.66. The van der Waals surface area contributed by atoms with E-state index in [1.807, 2.05) is 11.9 Å². The number of fused-ring (bicyclic) bond motifs is 1. The number of phenolic OH excluding ortho intramolecular Hbond substituents is 1. The number of aromatic nitrogens is 3. The first-order valence-electron chi connectivity index (χ1n) is 15.4. The van der Waals surface area contributed by atoms with Crippen molar-refractivity contribution in [1.82, 2.24) is 19.9 Å². The van der Waals surface area contributed by atoms with Crippen LogP contribution in [0.25, 0.3) is 22.2 Å². The molecule has 230 valence electrons. The molecule has 2 atom stereocenters. The highest BCUT2D eigenvalue weighted by molar-refractivity contribution is 6.32. The first kappa shape index (κ1) is 28.0. The number of alkyl halides is 1. The van der Waals surface area contributed by atoms with E-state index in [9.17, 15) is 14.8 Å². The zero-order valence-electron chi connectivity index (χ0n) is 24.5. The summed E-state index contributed by atoms with van der Waals surface area (Å²) in [6, 6.07) is 5.31. The van der Waals surface area contributed by atoms with Crippen LogP contribution < -0.4 is 14.4 Å². The average molecular weight is 623 g/mol. The third-order valence-corrected chi connectivity index (χ3v) is 10.9. The number of pyridine rings is 1. The molecule has 3 aromatic rings. The van der Waals surface area contributed by atoms with Gasteiger partial charge in [0.25, 0.3) is 0 Å². The van der Waals surface area contributed by atoms with E-state index in [0.717, 1.165) is 37.8 Å². The molecule has 2 aliphatic carbocycles. The maximum absolute atomic E-state index is 16.8. The molecule has 5 heterocycles. The minimum Gasteiger partial charge on any atom is -0.508 e. The Morgan fingerprint density at radius 3 is 2.80 bits per heavy atom. The molecule has 3 aliphatic heterocycles. The van der Waals surface area contributed by atoms with Crippen molar-refractivity contribution >= 4 is 28.3 Å². The number of hydrogen-bond acceptors (Lipinski definition) is 9. The molecule has 0 unspecified atom stereocenters. The quantitative estimate of drug-likeness (QED) is 0.371. The Hall–Kier alpha value is -3.49. The van der Waals surface area contributed by atoms with E-state index in [-0.39, 0.29) is 47.3 Å². The summed E-state index contributed by atoms with van der Waals surface area (Å²) < 4.78 is 43.8. The zero-order chi connectivity index (χ0) is 30.4. The molecular formula is C32H33ClF2N6O3. The molecule has 0 radical (unpaired) electrons. The maximum atomic E-state index is 16.8. The van der Waals surface area contributed by atoms with Crippen molar-refractivity contribution in [1.29, 1.82) is 5.26 Å². The molecule has 1 spiro atoms. The van der Waals surface area contributed by atoms with Crippen LogP contribution in [-0.2, 0) is 0 Å². The highest BCUT2D eigenvalue weighted by atomic mass is 35.5. The monoisotopic (exact) mass is 622 g/mol. The number of benzene rings is 1. The highest BCUT2D eigenvalue weighted by Gasteiger charge is 2.51. The third kappa shape index (κ3) is 4.28. The SMILES string of the molecule is CN1c2nc(OC[C@@]34CCCN3C[C@H](F)C4)nc3c(F)c(-c4cc(O)cc(Cl)c4C4CC4)nc(c23)OCCC12CC(C#N)C2. The Morgan fingerprint density at radius 2 is 2.02 bits per heavy atom. The van der Waals surface area contributed by atoms with Crippen LogP contribution in [0.3, 0.4) is 0 Å². The van der Waals surface area contributed by atoms with E-state index in [1.54, 1.807) is 0 Å². The normalized spacial score (nSPS) is 29.6. The molecule has 4 fully saturated rings. The summed E-state index contributed by atoms with van der Waals surface area (Å²) in [4.78, 5) is 18.3. The van der Waals surface area contributed by atoms with Gasteiger partial charge in [-0.3, -0.25) is 4.90 Å². The van der Waals surface area contributed by atoms with Crippen molar-refractivity contribution in [2.45, 2.75) is 74.5 Å². The van der Waals surface area contributed by atoms with Gasteiger partial charge in [0.1, 0.15) is 40.9 Å². The first-order valence-corrected chi connectivity index (χ1v) is 15.8. The molecule has 2 aromatic heterocycles. The van der Waals surface area contributed by atoms with Crippen molar-refractivity contribution in [3.63, 3.8) is 0 Å². The average Bonchev–Trinajstić information content (AvgIpc) is 3.65. The molecular weight excluding hydrogens is 590 g/mol. The van der Waals surface area contributed by atoms with Crippen molar-refractivity contribution in [2.75, 3.05) is 38.3 Å². The van der Waals surface area contributed by atoms with Crippen LogP contribution in [0.15, 0.2) is 12.1 Å². The molecule has 12 heteroatoms. The van der Waals surface area contributed by atoms with Gasteiger partial charge in [-0.25, -0.2) is 13.8 Å². The Labute approximate surface area is 258 Å². The number of hydrogen-bond donors (Lipinski definition) is 1. The molecule has 8 rings (SSSR count). The minimum atomic E-state index is -0.914. The second-order valence-corrected chi connectivity index (χ2v) is 13.7. The molecule has 44 heavy (non-hydrogen) atoms. The summed E-state index contributed by atoms with van der Waals surface area (Å²) in [7, 11) is 1.91. The number of ether oxygens (including phenoxy) is 2. The molecule has 2 saturated carbocycles. The van der Waals surface area contributed by atoms with Gasteiger partial charge in [-0.05, 0) is 68.7 Å². The number of nitrogens with zero attached hydrogens (tertiary/aromatic N) is 6. The van der Waals surface area contributed by atoms with E-state index in [1.165, 1.54) is 12.1 Å². The van der Waals surface area contributed by atoms with E-state index < -0.39 is 23.1 Å². The number of rotatable bonds is 5. The molecule has 0 bridgehead atoms. The lowest BCUT2D eigenvalue weighted by Gasteiger charge is -2.52. The van der Waals surface area contributed by atoms with Gasteiger partial charge in [0.2, 0.25) is 5.88 Å². The van der Waals surface area contributed by atoms with Crippen LogP contribution in [0.2, 0.25) is 5.02 Å². The van der Waals surface area contributed by atoms with E-state index in [4.69, 9.17) is 26.1 Å². The number of phenols is 1. The molecule has 1 aromatic carbocycles. The topological polar surface area (TPSA) is 108 Å². The lowest BCUT2D eigenvalue weighted by Crippen LogP contribution is -2.57. The van der Waals surface area contributed by atoms with Crippen LogP contribution >= 0.6 is 11.6 Å². The van der Waals surface area contributed by atoms with Crippen molar-refractivity contribution in [3.8, 4) is 35.0 Å². The largest absolute Gasteiger partial charge is 0.508 e. The van der Waals surface area contributed by atoms with Crippen molar-refractivity contribution in [2.24, 2.45) is 5.92 Å². The van der Waals surface area contributed by atoms with Crippen LogP contribution in [-0.4, -0.2) is 75.6 Å². The van der Waals surface area contributed by atoms with Crippen LogP contribution in [0.1, 0.15) is 62.8 Å². The molecule has 2 saturated heterocycles. The van der Waals surface area contributed by atoms with Gasteiger partial charge < -0.3 is 19.5 Å². The van der Waals surface area contributed by atoms with Crippen LogP contribution in [0.4, 0.5) is 14.6 Å². The fourth-order valence-electron chi connectivity index (χ4n) is 8.08. The second kappa shape index (κ2) is 10.0. The first-order chi connectivity index (χ1) is 21.2. The predicted molar refractivity (Wildman–Crippen MR) is 160 cm³/mol. The fourth-order valence-corrected chi connectivity index (χ4v) is 8.45. The van der Waals surface area contributed by atoms with E-state index in [0.29, 0.717) is 60.6 Å². The molecule has 1 N–H and O–H groups in total. The Morgan fingerprint density at radius 1 is 1.20 bits per heavy atom. The smallest absolute Gasteiger partial charge is 0.319 e. The number of anilines is 1. The van der Waals surface area contributed by atoms with E-state index >= 15 is 4.39 Å². The Balaban J connectivity index is 1.29. The highest BCUT2D eigenvalue weighted by Crippen LogP contribution is 2.52. The summed E-state index contributed by atoms with van der Waals surface area (Å²) in [6.45, 7) is 1.71. The van der Waals surface area contributed by atoms with Gasteiger partial charge in [-0.1, -0.05) is 11.6 Å². The third-order valence-electron chi connectivity index (χ3n) is 10.6. The molecule has 0 amide bonds. The molecule has 9 nitrogen and oxygen atoms in total. The van der Waals surface area contributed by atoms with Gasteiger partial charge in [0.15, 0.2) is 5.82 Å². The number of halogens is 3. The predicted octanol–water partition coefficient (Wildman–Crippen LogP) is 5.91. The number of aromatic hydroxyl groups is 1. The minimum absolute atomic E-state index is 0.00637. The van der Waals surface area contributed by atoms with Crippen molar-refractivity contribution < 1.29 is 23.4 Å². The van der Waals surface area contributed by atoms with Crippen molar-refractivity contribution in [3.05, 3.63) is 28.5 Å². The van der Waals surface area contributed by atoms with Gasteiger partial charge in [0, 0.05) is 42.6 Å². The summed E-state index contributed by atoms with van der Waals surface area (Å²) in [5.41, 5.74) is 0.305. The van der Waals surface area contributed by atoms with E-state index in [2.05, 4.69) is 20.9 Å². The number of nitriles is 1. The summed E-state index contributed by atoms with van der Waals surface area (Å²) in [5, 5.41) is 20.7. The lowest BCUT2D eigenvalue weighted by molar-refractivity contribution is 0.107. The fraction of sp³-hybridized carbons (Fsp3) is 0.562. The Bertz CT molecular complexity index is 1720. The second-order valence-electron chi connectivity index (χ2n) is 13.3.